The number of hydrogen-bond donors (Lipinski definition) is 1. The molecule has 3 nitrogen and oxygen atoms in total. The summed E-state index contributed by atoms with van der Waals surface area (Å²) in [7, 11) is -3.55. The molecule has 1 N–H and O–H groups in total. The van der Waals surface area contributed by atoms with Gasteiger partial charge in [-0.25, -0.2) is 8.42 Å². The number of aryl methyl sites for hydroxylation is 2. The predicted molar refractivity (Wildman–Crippen MR) is 80.9 cm³/mol. The molecule has 0 fully saturated rings. The molecule has 0 spiro atoms. The van der Waals surface area contributed by atoms with Gasteiger partial charge in [-0.1, -0.05) is 24.3 Å². The first-order valence-corrected chi connectivity index (χ1v) is 8.02. The van der Waals surface area contributed by atoms with Gasteiger partial charge in [-0.3, -0.25) is 4.72 Å². The van der Waals surface area contributed by atoms with Crippen molar-refractivity contribution < 1.29 is 8.42 Å². The minimum atomic E-state index is -3.55. The lowest BCUT2D eigenvalue weighted by atomic mass is 10.1. The minimum Gasteiger partial charge on any atom is -0.278 e. The fraction of sp³-hybridized carbons (Fsp3) is 0.143. The van der Waals surface area contributed by atoms with Crippen molar-refractivity contribution in [1.82, 2.24) is 0 Å². The van der Waals surface area contributed by atoms with E-state index in [1.807, 2.05) is 26.0 Å². The van der Waals surface area contributed by atoms with Gasteiger partial charge in [0, 0.05) is 4.47 Å². The molecule has 0 aliphatic rings. The number of nitrogens with one attached hydrogen (secondary N) is 1. The van der Waals surface area contributed by atoms with E-state index in [-0.39, 0.29) is 4.90 Å². The van der Waals surface area contributed by atoms with Crippen LogP contribution in [0.4, 0.5) is 5.69 Å². The topological polar surface area (TPSA) is 46.2 Å². The smallest absolute Gasteiger partial charge is 0.261 e. The third kappa shape index (κ3) is 3.16. The van der Waals surface area contributed by atoms with Crippen molar-refractivity contribution in [3.8, 4) is 0 Å². The fourth-order valence-corrected chi connectivity index (χ4v) is 3.92. The number of rotatable bonds is 3. The molecule has 0 aliphatic heterocycles. The standard InChI is InChI=1S/C14H14BrNO2S/c1-10-8-11(2)14(13(15)9-10)16-19(17,18)12-6-4-3-5-7-12/h3-9,16H,1-2H3. The van der Waals surface area contributed by atoms with E-state index >= 15 is 0 Å². The van der Waals surface area contributed by atoms with Crippen LogP contribution in [0.2, 0.25) is 0 Å². The lowest BCUT2D eigenvalue weighted by Crippen LogP contribution is -2.14. The number of sulfonamides is 1. The average molecular weight is 340 g/mol. The van der Waals surface area contributed by atoms with Crippen LogP contribution in [0, 0.1) is 13.8 Å². The molecular weight excluding hydrogens is 326 g/mol. The lowest BCUT2D eigenvalue weighted by Gasteiger charge is -2.13. The summed E-state index contributed by atoms with van der Waals surface area (Å²) >= 11 is 3.40. The Kier molecular flexibility index (Phi) is 3.96. The number of hydrogen-bond acceptors (Lipinski definition) is 2. The highest BCUT2D eigenvalue weighted by Gasteiger charge is 2.16. The molecule has 0 heterocycles. The molecule has 0 radical (unpaired) electrons. The van der Waals surface area contributed by atoms with Crippen molar-refractivity contribution >= 4 is 31.6 Å². The summed E-state index contributed by atoms with van der Waals surface area (Å²) in [5.74, 6) is 0. The van der Waals surface area contributed by atoms with Crippen LogP contribution in [0.5, 0.6) is 0 Å². The van der Waals surface area contributed by atoms with E-state index in [4.69, 9.17) is 0 Å². The Labute approximate surface area is 121 Å². The van der Waals surface area contributed by atoms with Crippen LogP contribution in [-0.2, 0) is 10.0 Å². The first-order valence-electron chi connectivity index (χ1n) is 5.75. The third-order valence-electron chi connectivity index (χ3n) is 2.72. The van der Waals surface area contributed by atoms with Crippen LogP contribution in [0.25, 0.3) is 0 Å². The van der Waals surface area contributed by atoms with Crippen molar-refractivity contribution in [1.29, 1.82) is 0 Å². The average Bonchev–Trinajstić information content (AvgIpc) is 2.35. The second-order valence-electron chi connectivity index (χ2n) is 4.36. The molecule has 0 aromatic heterocycles. The number of halogens is 1. The summed E-state index contributed by atoms with van der Waals surface area (Å²) in [6, 6.07) is 12.1. The Morgan fingerprint density at radius 2 is 1.68 bits per heavy atom. The Morgan fingerprint density at radius 3 is 2.26 bits per heavy atom. The highest BCUT2D eigenvalue weighted by atomic mass is 79.9. The van der Waals surface area contributed by atoms with Crippen molar-refractivity contribution in [2.75, 3.05) is 4.72 Å². The van der Waals surface area contributed by atoms with Crippen molar-refractivity contribution in [2.45, 2.75) is 18.7 Å². The van der Waals surface area contributed by atoms with Crippen LogP contribution in [0.1, 0.15) is 11.1 Å². The summed E-state index contributed by atoms with van der Waals surface area (Å²) in [4.78, 5) is 0.252. The van der Waals surface area contributed by atoms with Gasteiger partial charge in [0.25, 0.3) is 10.0 Å². The summed E-state index contributed by atoms with van der Waals surface area (Å²) in [6.07, 6.45) is 0. The van der Waals surface area contributed by atoms with E-state index in [2.05, 4.69) is 20.7 Å². The Balaban J connectivity index is 2.42. The quantitative estimate of drug-likeness (QED) is 0.922. The van der Waals surface area contributed by atoms with Crippen molar-refractivity contribution in [3.05, 3.63) is 58.1 Å². The van der Waals surface area contributed by atoms with Crippen LogP contribution < -0.4 is 4.72 Å². The van der Waals surface area contributed by atoms with Gasteiger partial charge < -0.3 is 0 Å². The van der Waals surface area contributed by atoms with Gasteiger partial charge >= 0.3 is 0 Å². The van der Waals surface area contributed by atoms with Gasteiger partial charge in [-0.05, 0) is 59.1 Å². The Morgan fingerprint density at radius 1 is 1.05 bits per heavy atom. The highest BCUT2D eigenvalue weighted by Crippen LogP contribution is 2.29. The molecule has 0 bridgehead atoms. The summed E-state index contributed by atoms with van der Waals surface area (Å²) < 4.78 is 27.9. The van der Waals surface area contributed by atoms with Crippen LogP contribution in [0.3, 0.4) is 0 Å². The SMILES string of the molecule is Cc1cc(C)c(NS(=O)(=O)c2ccccc2)c(Br)c1. The second-order valence-corrected chi connectivity index (χ2v) is 6.89. The van der Waals surface area contributed by atoms with Crippen LogP contribution in [-0.4, -0.2) is 8.42 Å². The third-order valence-corrected chi connectivity index (χ3v) is 4.71. The maximum atomic E-state index is 12.3. The van der Waals surface area contributed by atoms with E-state index < -0.39 is 10.0 Å². The summed E-state index contributed by atoms with van der Waals surface area (Å²) in [5.41, 5.74) is 2.54. The van der Waals surface area contributed by atoms with E-state index in [1.165, 1.54) is 0 Å². The number of anilines is 1. The molecule has 5 heteroatoms. The van der Waals surface area contributed by atoms with Gasteiger partial charge in [0.15, 0.2) is 0 Å². The Bertz CT molecular complexity index is 674. The molecular formula is C14H14BrNO2S. The normalized spacial score (nSPS) is 11.3. The molecule has 100 valence electrons. The van der Waals surface area contributed by atoms with Gasteiger partial charge in [0.1, 0.15) is 0 Å². The van der Waals surface area contributed by atoms with Gasteiger partial charge in [-0.2, -0.15) is 0 Å². The van der Waals surface area contributed by atoms with Gasteiger partial charge in [-0.15, -0.1) is 0 Å². The number of benzene rings is 2. The maximum absolute atomic E-state index is 12.3. The molecule has 0 saturated carbocycles. The van der Waals surface area contributed by atoms with Crippen LogP contribution >= 0.6 is 15.9 Å². The van der Waals surface area contributed by atoms with E-state index in [0.29, 0.717) is 5.69 Å². The zero-order chi connectivity index (χ0) is 14.0. The Hall–Kier alpha value is -1.33. The molecule has 2 rings (SSSR count). The lowest BCUT2D eigenvalue weighted by molar-refractivity contribution is 0.601. The molecule has 0 saturated heterocycles. The maximum Gasteiger partial charge on any atom is 0.261 e. The van der Waals surface area contributed by atoms with Gasteiger partial charge in [0.05, 0.1) is 10.6 Å². The van der Waals surface area contributed by atoms with E-state index in [0.717, 1.165) is 15.6 Å². The summed E-state index contributed by atoms with van der Waals surface area (Å²) in [6.45, 7) is 3.84. The van der Waals surface area contributed by atoms with Crippen LogP contribution in [0.15, 0.2) is 51.8 Å². The van der Waals surface area contributed by atoms with Crippen molar-refractivity contribution in [3.63, 3.8) is 0 Å². The van der Waals surface area contributed by atoms with E-state index in [1.54, 1.807) is 30.3 Å². The molecule has 19 heavy (non-hydrogen) atoms. The molecule has 0 unspecified atom stereocenters. The van der Waals surface area contributed by atoms with Crippen molar-refractivity contribution in [2.24, 2.45) is 0 Å². The first kappa shape index (κ1) is 14.1. The van der Waals surface area contributed by atoms with Gasteiger partial charge in [0.2, 0.25) is 0 Å². The molecule has 0 amide bonds. The molecule has 0 aliphatic carbocycles. The molecule has 0 atom stereocenters. The predicted octanol–water partition coefficient (Wildman–Crippen LogP) is 3.87. The zero-order valence-electron chi connectivity index (χ0n) is 10.6. The monoisotopic (exact) mass is 339 g/mol. The zero-order valence-corrected chi connectivity index (χ0v) is 13.0. The fourth-order valence-electron chi connectivity index (χ4n) is 1.84. The highest BCUT2D eigenvalue weighted by molar-refractivity contribution is 9.10. The van der Waals surface area contributed by atoms with E-state index in [9.17, 15) is 8.42 Å². The summed E-state index contributed by atoms with van der Waals surface area (Å²) in [5, 5.41) is 0. The molecule has 2 aromatic rings. The minimum absolute atomic E-state index is 0.252. The first-order chi connectivity index (χ1) is 8.90. The molecule has 2 aromatic carbocycles. The second kappa shape index (κ2) is 5.35. The largest absolute Gasteiger partial charge is 0.278 e.